The zero-order chi connectivity index (χ0) is 12.6. The molecule has 1 aromatic carbocycles. The van der Waals surface area contributed by atoms with Gasteiger partial charge in [0.15, 0.2) is 6.61 Å². The summed E-state index contributed by atoms with van der Waals surface area (Å²) in [6.07, 6.45) is 0. The highest BCUT2D eigenvalue weighted by atomic mass is 79.9. The number of anilines is 1. The van der Waals surface area contributed by atoms with Crippen molar-refractivity contribution in [1.82, 2.24) is 0 Å². The van der Waals surface area contributed by atoms with E-state index in [2.05, 4.69) is 31.9 Å². The Balaban J connectivity index is 2.47. The molecule has 0 aromatic heterocycles. The van der Waals surface area contributed by atoms with Crippen LogP contribution in [-0.2, 0) is 9.59 Å². The lowest BCUT2D eigenvalue weighted by molar-refractivity contribution is -0.137. The van der Waals surface area contributed by atoms with Gasteiger partial charge in [-0.05, 0) is 44.0 Å². The minimum atomic E-state index is -1.06. The number of ether oxygens (including phenoxy) is 1. The van der Waals surface area contributed by atoms with Gasteiger partial charge in [-0.25, -0.2) is 0 Å². The minimum Gasteiger partial charge on any atom is -0.482 e. The van der Waals surface area contributed by atoms with Gasteiger partial charge in [-0.1, -0.05) is 0 Å². The summed E-state index contributed by atoms with van der Waals surface area (Å²) in [5, 5.41) is 8.78. The number of hydrogen-bond donors (Lipinski definition) is 1. The Morgan fingerprint density at radius 3 is 2.71 bits per heavy atom. The van der Waals surface area contributed by atoms with Gasteiger partial charge in [-0.15, -0.1) is 0 Å². The molecule has 1 aliphatic rings. The van der Waals surface area contributed by atoms with Gasteiger partial charge in [-0.3, -0.25) is 14.5 Å². The first-order valence-corrected chi connectivity index (χ1v) is 6.21. The van der Waals surface area contributed by atoms with Crippen molar-refractivity contribution in [3.05, 3.63) is 21.1 Å². The molecule has 0 aliphatic carbocycles. The van der Waals surface area contributed by atoms with Crippen molar-refractivity contribution >= 4 is 49.4 Å². The maximum absolute atomic E-state index is 11.6. The number of carboxylic acids is 1. The lowest BCUT2D eigenvalue weighted by atomic mass is 10.2. The molecule has 90 valence electrons. The van der Waals surface area contributed by atoms with E-state index in [0.29, 0.717) is 11.4 Å². The molecule has 1 aromatic rings. The van der Waals surface area contributed by atoms with E-state index < -0.39 is 5.97 Å². The van der Waals surface area contributed by atoms with Gasteiger partial charge in [-0.2, -0.15) is 0 Å². The van der Waals surface area contributed by atoms with Crippen molar-refractivity contribution in [2.24, 2.45) is 0 Å². The Morgan fingerprint density at radius 1 is 1.41 bits per heavy atom. The molecule has 1 aliphatic heterocycles. The number of carboxylic acid groups (broad SMARTS) is 1. The molecular weight excluding hydrogens is 358 g/mol. The topological polar surface area (TPSA) is 66.8 Å². The summed E-state index contributed by atoms with van der Waals surface area (Å²) in [6.45, 7) is -0.516. The second-order valence-electron chi connectivity index (χ2n) is 3.40. The molecule has 5 nitrogen and oxygen atoms in total. The molecule has 0 spiro atoms. The largest absolute Gasteiger partial charge is 0.482 e. The Labute approximate surface area is 114 Å². The fourth-order valence-corrected chi connectivity index (χ4v) is 2.16. The number of nitrogens with zero attached hydrogens (tertiary/aromatic N) is 1. The highest BCUT2D eigenvalue weighted by Gasteiger charge is 2.28. The summed E-state index contributed by atoms with van der Waals surface area (Å²) >= 11 is 6.61. The van der Waals surface area contributed by atoms with Crippen LogP contribution in [0.4, 0.5) is 5.69 Å². The number of aliphatic carboxylic acids is 1. The van der Waals surface area contributed by atoms with Crippen molar-refractivity contribution in [2.75, 3.05) is 18.1 Å². The number of fused-ring (bicyclic) bond motifs is 1. The fourth-order valence-electron chi connectivity index (χ4n) is 1.50. The van der Waals surface area contributed by atoms with Crippen LogP contribution in [0.15, 0.2) is 21.1 Å². The van der Waals surface area contributed by atoms with Crippen molar-refractivity contribution in [3.63, 3.8) is 0 Å². The molecular formula is C10H7Br2NO4. The van der Waals surface area contributed by atoms with Gasteiger partial charge in [0.25, 0.3) is 5.91 Å². The third kappa shape index (κ3) is 2.44. The number of amides is 1. The maximum Gasteiger partial charge on any atom is 0.323 e. The average Bonchev–Trinajstić information content (AvgIpc) is 2.25. The van der Waals surface area contributed by atoms with Gasteiger partial charge in [0.05, 0.1) is 5.69 Å². The molecule has 0 unspecified atom stereocenters. The molecule has 1 heterocycles. The fraction of sp³-hybridized carbons (Fsp3) is 0.200. The van der Waals surface area contributed by atoms with Crippen molar-refractivity contribution in [1.29, 1.82) is 0 Å². The van der Waals surface area contributed by atoms with E-state index >= 15 is 0 Å². The zero-order valence-electron chi connectivity index (χ0n) is 8.44. The van der Waals surface area contributed by atoms with Crippen LogP contribution in [0.1, 0.15) is 0 Å². The molecule has 7 heteroatoms. The maximum atomic E-state index is 11.6. The third-order valence-corrected chi connectivity index (χ3v) is 4.08. The summed E-state index contributed by atoms with van der Waals surface area (Å²) < 4.78 is 6.75. The zero-order valence-corrected chi connectivity index (χ0v) is 11.6. The van der Waals surface area contributed by atoms with Crippen molar-refractivity contribution < 1.29 is 19.4 Å². The summed E-state index contributed by atoms with van der Waals surface area (Å²) in [7, 11) is 0. The lowest BCUT2D eigenvalue weighted by Crippen LogP contribution is -2.41. The molecule has 2 rings (SSSR count). The molecule has 0 saturated heterocycles. The standard InChI is InChI=1S/C10H7Br2NO4/c11-5-1-7-8(2-6(5)12)17-4-9(14)13(7)3-10(15)16/h1-2H,3-4H2,(H,15,16). The molecule has 0 atom stereocenters. The van der Waals surface area contributed by atoms with Crippen LogP contribution in [0.2, 0.25) is 0 Å². The number of halogens is 2. The van der Waals surface area contributed by atoms with Crippen LogP contribution in [-0.4, -0.2) is 30.1 Å². The van der Waals surface area contributed by atoms with Gasteiger partial charge in [0.1, 0.15) is 12.3 Å². The molecule has 0 fully saturated rings. The van der Waals surface area contributed by atoms with Crippen molar-refractivity contribution in [2.45, 2.75) is 0 Å². The van der Waals surface area contributed by atoms with Crippen LogP contribution in [0.25, 0.3) is 0 Å². The minimum absolute atomic E-state index is 0.144. The predicted molar refractivity (Wildman–Crippen MR) is 67.3 cm³/mol. The Kier molecular flexibility index (Phi) is 3.39. The number of rotatable bonds is 2. The van der Waals surface area contributed by atoms with E-state index in [1.165, 1.54) is 4.90 Å². The van der Waals surface area contributed by atoms with Crippen molar-refractivity contribution in [3.8, 4) is 5.75 Å². The van der Waals surface area contributed by atoms with Gasteiger partial charge in [0.2, 0.25) is 0 Å². The van der Waals surface area contributed by atoms with Crippen LogP contribution < -0.4 is 9.64 Å². The third-order valence-electron chi connectivity index (χ3n) is 2.24. The van der Waals surface area contributed by atoms with E-state index in [1.54, 1.807) is 12.1 Å². The second kappa shape index (κ2) is 4.66. The Morgan fingerprint density at radius 2 is 2.06 bits per heavy atom. The van der Waals surface area contributed by atoms with Gasteiger partial charge >= 0.3 is 5.97 Å². The van der Waals surface area contributed by atoms with Gasteiger partial charge in [0, 0.05) is 8.95 Å². The quantitative estimate of drug-likeness (QED) is 0.871. The summed E-state index contributed by atoms with van der Waals surface area (Å²) in [5.74, 6) is -0.944. The lowest BCUT2D eigenvalue weighted by Gasteiger charge is -2.28. The van der Waals surface area contributed by atoms with E-state index in [9.17, 15) is 9.59 Å². The summed E-state index contributed by atoms with van der Waals surface area (Å²) in [6, 6.07) is 3.35. The summed E-state index contributed by atoms with van der Waals surface area (Å²) in [4.78, 5) is 23.5. The van der Waals surface area contributed by atoms with Crippen LogP contribution in [0.3, 0.4) is 0 Å². The molecule has 0 bridgehead atoms. The van der Waals surface area contributed by atoms with E-state index in [1.807, 2.05) is 0 Å². The first-order valence-electron chi connectivity index (χ1n) is 4.63. The van der Waals surface area contributed by atoms with Crippen LogP contribution in [0.5, 0.6) is 5.75 Å². The normalized spacial score (nSPS) is 14.2. The highest BCUT2D eigenvalue weighted by molar-refractivity contribution is 9.13. The molecule has 1 amide bonds. The van der Waals surface area contributed by atoms with E-state index in [4.69, 9.17) is 9.84 Å². The number of benzene rings is 1. The molecule has 17 heavy (non-hydrogen) atoms. The highest BCUT2D eigenvalue weighted by Crippen LogP contribution is 2.38. The average molecular weight is 365 g/mol. The first-order chi connectivity index (χ1) is 7.99. The number of carbonyl (C=O) groups is 2. The first kappa shape index (κ1) is 12.4. The van der Waals surface area contributed by atoms with Crippen LogP contribution in [0, 0.1) is 0 Å². The monoisotopic (exact) mass is 363 g/mol. The molecule has 1 N–H and O–H groups in total. The van der Waals surface area contributed by atoms with E-state index in [-0.39, 0.29) is 19.1 Å². The number of hydrogen-bond acceptors (Lipinski definition) is 3. The molecule has 0 saturated carbocycles. The Bertz CT molecular complexity index is 503. The van der Waals surface area contributed by atoms with Crippen LogP contribution >= 0.6 is 31.9 Å². The predicted octanol–water partition coefficient (Wildman–Crippen LogP) is 2.02. The Hall–Kier alpha value is -1.08. The van der Waals surface area contributed by atoms with E-state index in [0.717, 1.165) is 8.95 Å². The van der Waals surface area contributed by atoms with Gasteiger partial charge < -0.3 is 9.84 Å². The second-order valence-corrected chi connectivity index (χ2v) is 5.11. The SMILES string of the molecule is O=C(O)CN1C(=O)COc2cc(Br)c(Br)cc21. The summed E-state index contributed by atoms with van der Waals surface area (Å²) in [5.41, 5.74) is 0.457. The smallest absolute Gasteiger partial charge is 0.323 e. The number of carbonyl (C=O) groups excluding carboxylic acids is 1. The molecule has 0 radical (unpaired) electrons.